The van der Waals surface area contributed by atoms with Gasteiger partial charge >= 0.3 is 5.96 Å². The quantitative estimate of drug-likeness (QED) is 0.244. The van der Waals surface area contributed by atoms with E-state index in [1.165, 1.54) is 12.1 Å². The third kappa shape index (κ3) is 6.69. The van der Waals surface area contributed by atoms with Gasteiger partial charge in [-0.15, -0.1) is 5.10 Å². The Labute approximate surface area is 114 Å². The monoisotopic (exact) mass is 281 g/mol. The summed E-state index contributed by atoms with van der Waals surface area (Å²) in [5, 5.41) is 26.7. The van der Waals surface area contributed by atoms with Crippen LogP contribution in [0, 0.1) is 10.1 Å². The van der Waals surface area contributed by atoms with E-state index in [0.29, 0.717) is 0 Å². The maximum Gasteiger partial charge on any atom is 0.362 e. The number of nitrogens with zero attached hydrogens (tertiary/aromatic N) is 2. The Kier molecular flexibility index (Phi) is 6.97. The summed E-state index contributed by atoms with van der Waals surface area (Å²) < 4.78 is 0. The molecule has 0 aliphatic carbocycles. The molecule has 1 aromatic rings. The van der Waals surface area contributed by atoms with E-state index < -0.39 is 22.1 Å². The third-order valence-corrected chi connectivity index (χ3v) is 1.73. The van der Waals surface area contributed by atoms with E-state index in [1.807, 2.05) is 13.8 Å². The number of benzene rings is 1. The number of nitrogens with two attached hydrogens (primary N) is 2. The molecule has 20 heavy (non-hydrogen) atoms. The second-order valence-electron chi connectivity index (χ2n) is 3.69. The van der Waals surface area contributed by atoms with Gasteiger partial charge in [0.25, 0.3) is 5.69 Å². The number of hydrogen-bond acceptors (Lipinski definition) is 5. The molecule has 9 nitrogen and oxygen atoms in total. The first-order valence-electron chi connectivity index (χ1n) is 5.35. The first kappa shape index (κ1) is 17.0. The molecular formula is C11H15N5O4. The number of nitro benzene ring substituents is 1. The van der Waals surface area contributed by atoms with Crippen LogP contribution in [0.5, 0.6) is 0 Å². The number of guanidine groups is 1. The summed E-state index contributed by atoms with van der Waals surface area (Å²) in [5.74, 6) is -1.42. The minimum absolute atomic E-state index is 0.117. The van der Waals surface area contributed by atoms with Crippen molar-refractivity contribution in [2.45, 2.75) is 13.8 Å². The number of hydrazone groups is 1. The van der Waals surface area contributed by atoms with E-state index in [1.54, 1.807) is 0 Å². The van der Waals surface area contributed by atoms with Gasteiger partial charge in [0.05, 0.1) is 16.5 Å². The summed E-state index contributed by atoms with van der Waals surface area (Å²) in [6.45, 7) is 3.69. The lowest BCUT2D eigenvalue weighted by Gasteiger charge is -2.01. The number of nitro groups is 1. The van der Waals surface area contributed by atoms with Crippen molar-refractivity contribution in [1.82, 2.24) is 0 Å². The molecule has 0 unspecified atom stereocenters. The Morgan fingerprint density at radius 2 is 1.85 bits per heavy atom. The highest BCUT2D eigenvalue weighted by Gasteiger charge is 2.11. The molecule has 1 aromatic carbocycles. The van der Waals surface area contributed by atoms with Crippen molar-refractivity contribution in [3.05, 3.63) is 39.9 Å². The largest absolute Gasteiger partial charge is 0.545 e. The first-order chi connectivity index (χ1) is 9.25. The molecule has 0 aliphatic rings. The van der Waals surface area contributed by atoms with Gasteiger partial charge in [-0.2, -0.15) is 5.10 Å². The van der Waals surface area contributed by atoms with Crippen molar-refractivity contribution in [1.29, 1.82) is 0 Å². The third-order valence-electron chi connectivity index (χ3n) is 1.73. The van der Waals surface area contributed by atoms with E-state index in [2.05, 4.69) is 10.2 Å². The normalized spacial score (nSPS) is 8.70. The number of rotatable bonds is 3. The SMILES string of the molecule is CC(C)=N[NH+]=C(N)N.O=C([O-])c1ccccc1[N+](=O)[O-]. The maximum atomic E-state index is 10.3. The van der Waals surface area contributed by atoms with Crippen LogP contribution in [0.2, 0.25) is 0 Å². The predicted molar refractivity (Wildman–Crippen MR) is 70.6 cm³/mol. The van der Waals surface area contributed by atoms with Crippen LogP contribution in [-0.4, -0.2) is 22.6 Å². The molecule has 0 heterocycles. The van der Waals surface area contributed by atoms with Gasteiger partial charge in [-0.25, -0.2) is 0 Å². The first-order valence-corrected chi connectivity index (χ1v) is 5.35. The molecule has 0 atom stereocenters. The van der Waals surface area contributed by atoms with Gasteiger partial charge in [-0.3, -0.25) is 21.6 Å². The van der Waals surface area contributed by atoms with Gasteiger partial charge in [0.1, 0.15) is 0 Å². The summed E-state index contributed by atoms with van der Waals surface area (Å²) in [5.41, 5.74) is 10.1. The highest BCUT2D eigenvalue weighted by Crippen LogP contribution is 2.15. The Balaban J connectivity index is 0.000000396. The van der Waals surface area contributed by atoms with E-state index in [-0.39, 0.29) is 5.96 Å². The molecule has 0 radical (unpaired) electrons. The van der Waals surface area contributed by atoms with Gasteiger partial charge in [-0.05, 0) is 19.9 Å². The number of carbonyl (C=O) groups excluding carboxylic acids is 1. The van der Waals surface area contributed by atoms with Crippen LogP contribution in [-0.2, 0) is 0 Å². The molecule has 0 spiro atoms. The number of nitrogens with one attached hydrogen (secondary N) is 1. The van der Waals surface area contributed by atoms with E-state index >= 15 is 0 Å². The zero-order valence-corrected chi connectivity index (χ0v) is 11.0. The smallest absolute Gasteiger partial charge is 0.362 e. The fraction of sp³-hybridized carbons (Fsp3) is 0.182. The highest BCUT2D eigenvalue weighted by atomic mass is 16.6. The molecule has 0 aromatic heterocycles. The molecular weight excluding hydrogens is 266 g/mol. The molecule has 0 aliphatic heterocycles. The van der Waals surface area contributed by atoms with Crippen molar-refractivity contribution in [3.63, 3.8) is 0 Å². The van der Waals surface area contributed by atoms with Gasteiger partial charge in [0, 0.05) is 11.8 Å². The standard InChI is InChI=1S/C7H5NO4.C4H10N4/c9-7(10)5-3-1-2-4-6(5)8(11)12;1-3(2)7-8-4(5)6/h1-4H,(H,9,10);1-2H3,(H4,5,6,8). The molecule has 0 saturated heterocycles. The van der Waals surface area contributed by atoms with Crippen molar-refractivity contribution < 1.29 is 19.9 Å². The number of carbonyl (C=O) groups is 1. The fourth-order valence-electron chi connectivity index (χ4n) is 0.982. The Morgan fingerprint density at radius 3 is 2.15 bits per heavy atom. The summed E-state index contributed by atoms with van der Waals surface area (Å²) >= 11 is 0. The molecule has 1 rings (SSSR count). The minimum atomic E-state index is -1.54. The molecule has 5 N–H and O–H groups in total. The van der Waals surface area contributed by atoms with Crippen LogP contribution in [0.4, 0.5) is 5.69 Å². The molecule has 0 bridgehead atoms. The predicted octanol–water partition coefficient (Wildman–Crippen LogP) is -2.31. The minimum Gasteiger partial charge on any atom is -0.545 e. The number of aromatic carboxylic acids is 1. The fourth-order valence-corrected chi connectivity index (χ4v) is 0.982. The average Bonchev–Trinajstić information content (AvgIpc) is 2.37. The van der Waals surface area contributed by atoms with Crippen molar-refractivity contribution in [2.24, 2.45) is 16.6 Å². The second kappa shape index (κ2) is 8.19. The maximum absolute atomic E-state index is 10.3. The van der Waals surface area contributed by atoms with Gasteiger partial charge in [0.2, 0.25) is 0 Å². The lowest BCUT2D eigenvalue weighted by Crippen LogP contribution is -2.72. The van der Waals surface area contributed by atoms with Crippen LogP contribution in [0.25, 0.3) is 0 Å². The Bertz CT molecular complexity index is 496. The molecule has 9 heteroatoms. The van der Waals surface area contributed by atoms with Crippen LogP contribution in [0.15, 0.2) is 29.4 Å². The van der Waals surface area contributed by atoms with Crippen LogP contribution in [0.1, 0.15) is 24.2 Å². The van der Waals surface area contributed by atoms with Crippen LogP contribution in [0.3, 0.4) is 0 Å². The topological polar surface area (TPSA) is 162 Å². The zero-order chi connectivity index (χ0) is 15.7. The number of carboxylic acid groups (broad SMARTS) is 1. The lowest BCUT2D eigenvalue weighted by atomic mass is 10.2. The highest BCUT2D eigenvalue weighted by molar-refractivity contribution is 5.90. The Hall–Kier alpha value is -2.97. The van der Waals surface area contributed by atoms with Crippen molar-refractivity contribution >= 4 is 23.3 Å². The number of carboxylic acids is 1. The Morgan fingerprint density at radius 1 is 1.30 bits per heavy atom. The molecule has 0 fully saturated rings. The molecule has 0 saturated carbocycles. The summed E-state index contributed by atoms with van der Waals surface area (Å²) in [4.78, 5) is 19.8. The average molecular weight is 281 g/mol. The van der Waals surface area contributed by atoms with Gasteiger partial charge < -0.3 is 9.90 Å². The molecule has 108 valence electrons. The number of para-hydroxylation sites is 1. The van der Waals surface area contributed by atoms with Crippen molar-refractivity contribution in [3.8, 4) is 0 Å². The van der Waals surface area contributed by atoms with Gasteiger partial charge in [-0.1, -0.05) is 12.1 Å². The van der Waals surface area contributed by atoms with Crippen LogP contribution >= 0.6 is 0 Å². The van der Waals surface area contributed by atoms with Crippen molar-refractivity contribution in [2.75, 3.05) is 0 Å². The van der Waals surface area contributed by atoms with E-state index in [4.69, 9.17) is 11.5 Å². The summed E-state index contributed by atoms with van der Waals surface area (Å²) in [6.07, 6.45) is 0. The van der Waals surface area contributed by atoms with Gasteiger partial charge in [0.15, 0.2) is 0 Å². The van der Waals surface area contributed by atoms with E-state index in [9.17, 15) is 20.0 Å². The lowest BCUT2D eigenvalue weighted by molar-refractivity contribution is -0.464. The molecule has 0 amide bonds. The van der Waals surface area contributed by atoms with Crippen LogP contribution < -0.4 is 21.7 Å². The zero-order valence-electron chi connectivity index (χ0n) is 11.0. The number of hydrogen-bond donors (Lipinski definition) is 3. The second-order valence-corrected chi connectivity index (χ2v) is 3.69. The summed E-state index contributed by atoms with van der Waals surface area (Å²) in [7, 11) is 0. The summed E-state index contributed by atoms with van der Waals surface area (Å²) in [6, 6.07) is 5.04. The van der Waals surface area contributed by atoms with E-state index in [0.717, 1.165) is 17.8 Å².